The Morgan fingerprint density at radius 3 is 2.20 bits per heavy atom. The molecule has 0 saturated carbocycles. The van der Waals surface area contributed by atoms with Crippen molar-refractivity contribution >= 4 is 17.4 Å². The predicted molar refractivity (Wildman–Crippen MR) is 111 cm³/mol. The van der Waals surface area contributed by atoms with Crippen molar-refractivity contribution in [3.63, 3.8) is 0 Å². The van der Waals surface area contributed by atoms with Crippen LogP contribution in [0.15, 0.2) is 54.1 Å². The molecule has 1 heterocycles. The summed E-state index contributed by atoms with van der Waals surface area (Å²) in [5, 5.41) is 11.0. The Kier molecular flexibility index (Phi) is 6.74. The fourth-order valence-electron chi connectivity index (χ4n) is 3.46. The standard InChI is InChI=1S/C23H25NO6/c1-4-30-18-11-7-16(8-12-18)21(25)19-20(15-5-9-17(29-3)10-6-15)24(13-14-28-2)23(27)22(19)26/h5-12,20,25H,4,13-14H2,1-3H3/b21-19-. The largest absolute Gasteiger partial charge is 0.507 e. The van der Waals surface area contributed by atoms with Crippen LogP contribution in [0.3, 0.4) is 0 Å². The normalized spacial score (nSPS) is 18.0. The highest BCUT2D eigenvalue weighted by atomic mass is 16.5. The molecule has 0 aliphatic carbocycles. The van der Waals surface area contributed by atoms with Crippen molar-refractivity contribution in [3.8, 4) is 11.5 Å². The number of rotatable bonds is 8. The summed E-state index contributed by atoms with van der Waals surface area (Å²) in [4.78, 5) is 27.0. The Morgan fingerprint density at radius 2 is 1.63 bits per heavy atom. The lowest BCUT2D eigenvalue weighted by molar-refractivity contribution is -0.140. The summed E-state index contributed by atoms with van der Waals surface area (Å²) in [6, 6.07) is 13.1. The number of aliphatic hydroxyl groups excluding tert-OH is 1. The van der Waals surface area contributed by atoms with Gasteiger partial charge in [0, 0.05) is 19.2 Å². The van der Waals surface area contributed by atoms with E-state index >= 15 is 0 Å². The minimum atomic E-state index is -0.724. The predicted octanol–water partition coefficient (Wildman–Crippen LogP) is 3.16. The molecule has 1 saturated heterocycles. The summed E-state index contributed by atoms with van der Waals surface area (Å²) >= 11 is 0. The maximum absolute atomic E-state index is 12.9. The minimum absolute atomic E-state index is 0.0467. The van der Waals surface area contributed by atoms with E-state index in [1.54, 1.807) is 55.6 Å². The maximum atomic E-state index is 12.9. The number of ketones is 1. The third-order valence-corrected chi connectivity index (χ3v) is 4.95. The first-order valence-corrected chi connectivity index (χ1v) is 9.66. The van der Waals surface area contributed by atoms with Gasteiger partial charge in [0.2, 0.25) is 0 Å². The van der Waals surface area contributed by atoms with Crippen molar-refractivity contribution in [1.82, 2.24) is 4.90 Å². The zero-order chi connectivity index (χ0) is 21.7. The van der Waals surface area contributed by atoms with E-state index in [-0.39, 0.29) is 24.5 Å². The first-order chi connectivity index (χ1) is 14.5. The van der Waals surface area contributed by atoms with Crippen LogP contribution in [0.4, 0.5) is 0 Å². The number of hydrogen-bond acceptors (Lipinski definition) is 6. The molecule has 158 valence electrons. The Labute approximate surface area is 175 Å². The molecular formula is C23H25NO6. The molecule has 0 bridgehead atoms. The van der Waals surface area contributed by atoms with Gasteiger partial charge in [-0.15, -0.1) is 0 Å². The van der Waals surface area contributed by atoms with Gasteiger partial charge < -0.3 is 24.2 Å². The molecule has 1 aliphatic rings. The van der Waals surface area contributed by atoms with E-state index in [0.29, 0.717) is 29.2 Å². The van der Waals surface area contributed by atoms with Crippen LogP contribution in [0.1, 0.15) is 24.1 Å². The SMILES string of the molecule is CCOc1ccc(/C(O)=C2/C(=O)C(=O)N(CCOC)C2c2ccc(OC)cc2)cc1. The van der Waals surface area contributed by atoms with Crippen molar-refractivity contribution in [2.45, 2.75) is 13.0 Å². The number of nitrogens with zero attached hydrogens (tertiary/aromatic N) is 1. The summed E-state index contributed by atoms with van der Waals surface area (Å²) < 4.78 is 15.7. The highest BCUT2D eigenvalue weighted by molar-refractivity contribution is 6.46. The van der Waals surface area contributed by atoms with Crippen molar-refractivity contribution in [2.24, 2.45) is 0 Å². The number of aliphatic hydroxyl groups is 1. The molecule has 0 spiro atoms. The fraction of sp³-hybridized carbons (Fsp3) is 0.304. The van der Waals surface area contributed by atoms with Gasteiger partial charge in [-0.05, 0) is 48.9 Å². The Morgan fingerprint density at radius 1 is 1.00 bits per heavy atom. The molecule has 30 heavy (non-hydrogen) atoms. The molecule has 1 amide bonds. The van der Waals surface area contributed by atoms with Gasteiger partial charge in [-0.25, -0.2) is 0 Å². The quantitative estimate of drug-likeness (QED) is 0.408. The second-order valence-corrected chi connectivity index (χ2v) is 6.72. The molecular weight excluding hydrogens is 386 g/mol. The molecule has 1 N–H and O–H groups in total. The van der Waals surface area contributed by atoms with Gasteiger partial charge in [0.25, 0.3) is 11.7 Å². The van der Waals surface area contributed by atoms with Gasteiger partial charge in [-0.3, -0.25) is 9.59 Å². The van der Waals surface area contributed by atoms with Crippen LogP contribution in [-0.4, -0.2) is 55.7 Å². The van der Waals surface area contributed by atoms with Crippen LogP contribution in [0.25, 0.3) is 5.76 Å². The molecule has 7 heteroatoms. The Balaban J connectivity index is 2.08. The Bertz CT molecular complexity index is 933. The van der Waals surface area contributed by atoms with Crippen LogP contribution < -0.4 is 9.47 Å². The molecule has 2 aromatic rings. The van der Waals surface area contributed by atoms with E-state index in [1.807, 2.05) is 6.92 Å². The van der Waals surface area contributed by atoms with Gasteiger partial charge in [-0.2, -0.15) is 0 Å². The highest BCUT2D eigenvalue weighted by Crippen LogP contribution is 2.39. The number of carbonyl (C=O) groups excluding carboxylic acids is 2. The van der Waals surface area contributed by atoms with Gasteiger partial charge >= 0.3 is 0 Å². The van der Waals surface area contributed by atoms with Gasteiger partial charge in [-0.1, -0.05) is 12.1 Å². The zero-order valence-electron chi connectivity index (χ0n) is 17.3. The summed E-state index contributed by atoms with van der Waals surface area (Å²) in [7, 11) is 3.09. The Hall–Kier alpha value is -3.32. The number of benzene rings is 2. The fourth-order valence-corrected chi connectivity index (χ4v) is 3.46. The number of likely N-dealkylation sites (tertiary alicyclic amines) is 1. The second kappa shape index (κ2) is 9.45. The van der Waals surface area contributed by atoms with E-state index in [0.717, 1.165) is 0 Å². The van der Waals surface area contributed by atoms with Gasteiger partial charge in [0.15, 0.2) is 0 Å². The lowest BCUT2D eigenvalue weighted by Crippen LogP contribution is -2.32. The summed E-state index contributed by atoms with van der Waals surface area (Å²) in [5.74, 6) is -0.309. The average molecular weight is 411 g/mol. The van der Waals surface area contributed by atoms with E-state index in [4.69, 9.17) is 14.2 Å². The first-order valence-electron chi connectivity index (χ1n) is 9.66. The number of Topliss-reactive ketones (excluding diaryl/α,β-unsaturated/α-hetero) is 1. The van der Waals surface area contributed by atoms with Crippen LogP contribution in [0.5, 0.6) is 11.5 Å². The van der Waals surface area contributed by atoms with Gasteiger partial charge in [0.1, 0.15) is 17.3 Å². The molecule has 1 unspecified atom stereocenters. The summed E-state index contributed by atoms with van der Waals surface area (Å²) in [6.45, 7) is 2.89. The smallest absolute Gasteiger partial charge is 0.295 e. The molecule has 1 atom stereocenters. The number of methoxy groups -OCH3 is 2. The lowest BCUT2D eigenvalue weighted by atomic mass is 9.95. The van der Waals surface area contributed by atoms with E-state index < -0.39 is 17.7 Å². The van der Waals surface area contributed by atoms with Crippen LogP contribution in [-0.2, 0) is 14.3 Å². The molecule has 1 aliphatic heterocycles. The second-order valence-electron chi connectivity index (χ2n) is 6.72. The molecule has 0 radical (unpaired) electrons. The van der Waals surface area contributed by atoms with Crippen molar-refractivity contribution < 1.29 is 28.9 Å². The van der Waals surface area contributed by atoms with Crippen molar-refractivity contribution in [3.05, 3.63) is 65.2 Å². The summed E-state index contributed by atoms with van der Waals surface area (Å²) in [5.41, 5.74) is 1.17. The molecule has 2 aromatic carbocycles. The third kappa shape index (κ3) is 4.16. The minimum Gasteiger partial charge on any atom is -0.507 e. The van der Waals surface area contributed by atoms with E-state index in [2.05, 4.69) is 0 Å². The van der Waals surface area contributed by atoms with E-state index in [1.165, 1.54) is 12.0 Å². The van der Waals surface area contributed by atoms with Gasteiger partial charge in [0.05, 0.1) is 31.9 Å². The number of carbonyl (C=O) groups is 2. The highest BCUT2D eigenvalue weighted by Gasteiger charge is 2.45. The molecule has 7 nitrogen and oxygen atoms in total. The van der Waals surface area contributed by atoms with Crippen LogP contribution >= 0.6 is 0 Å². The third-order valence-electron chi connectivity index (χ3n) is 4.95. The maximum Gasteiger partial charge on any atom is 0.295 e. The van der Waals surface area contributed by atoms with Crippen LogP contribution in [0, 0.1) is 0 Å². The summed E-state index contributed by atoms with van der Waals surface area (Å²) in [6.07, 6.45) is 0. The molecule has 0 aromatic heterocycles. The molecule has 1 fully saturated rings. The average Bonchev–Trinajstić information content (AvgIpc) is 3.02. The lowest BCUT2D eigenvalue weighted by Gasteiger charge is -2.25. The van der Waals surface area contributed by atoms with Crippen LogP contribution in [0.2, 0.25) is 0 Å². The number of amides is 1. The van der Waals surface area contributed by atoms with Crippen molar-refractivity contribution in [2.75, 3.05) is 34.0 Å². The monoisotopic (exact) mass is 411 g/mol. The molecule has 3 rings (SSSR count). The van der Waals surface area contributed by atoms with E-state index in [9.17, 15) is 14.7 Å². The van der Waals surface area contributed by atoms with Crippen molar-refractivity contribution in [1.29, 1.82) is 0 Å². The first kappa shape index (κ1) is 21.4. The number of ether oxygens (including phenoxy) is 3. The number of hydrogen-bond donors (Lipinski definition) is 1. The zero-order valence-corrected chi connectivity index (χ0v) is 17.3. The topological polar surface area (TPSA) is 85.3 Å².